The van der Waals surface area contributed by atoms with E-state index in [2.05, 4.69) is 17.1 Å². The molecule has 0 spiro atoms. The van der Waals surface area contributed by atoms with E-state index in [9.17, 15) is 18.0 Å². The van der Waals surface area contributed by atoms with E-state index in [0.29, 0.717) is 12.3 Å². The van der Waals surface area contributed by atoms with Crippen LogP contribution in [0.2, 0.25) is 0 Å². The Balaban J connectivity index is 0.00000149. The molecule has 1 fully saturated rings. The van der Waals surface area contributed by atoms with Crippen molar-refractivity contribution in [2.75, 3.05) is 31.9 Å². The van der Waals surface area contributed by atoms with Crippen molar-refractivity contribution in [2.24, 2.45) is 5.92 Å². The van der Waals surface area contributed by atoms with E-state index in [0.717, 1.165) is 38.9 Å². The van der Waals surface area contributed by atoms with E-state index in [1.807, 2.05) is 0 Å². The van der Waals surface area contributed by atoms with Crippen molar-refractivity contribution in [3.05, 3.63) is 0 Å². The van der Waals surface area contributed by atoms with Gasteiger partial charge < -0.3 is 15.3 Å². The van der Waals surface area contributed by atoms with Crippen LogP contribution in [0, 0.1) is 5.92 Å². The Morgan fingerprint density at radius 3 is 2.43 bits per heavy atom. The third-order valence-corrected chi connectivity index (χ3v) is 4.15. The van der Waals surface area contributed by atoms with Gasteiger partial charge >= 0.3 is 5.51 Å². The highest BCUT2D eigenvalue weighted by atomic mass is 32.2. The molecule has 5 nitrogen and oxygen atoms in total. The molecule has 23 heavy (non-hydrogen) atoms. The summed E-state index contributed by atoms with van der Waals surface area (Å²) in [5.74, 6) is 0.129. The summed E-state index contributed by atoms with van der Waals surface area (Å²) >= 11 is -0.0940. The minimum atomic E-state index is -4.21. The standard InChI is InChI=1S/C13H23F3N2OS.CH2O2/c1-2-6-18-7-3-11(4-8-18)10-12(19)17-5-9-20-13(14,15)16;2-1-3/h11H,2-10H2,1H3,(H,17,19);1H,(H,2,3). The van der Waals surface area contributed by atoms with Gasteiger partial charge in [-0.1, -0.05) is 6.92 Å². The quantitative estimate of drug-likeness (QED) is 0.541. The first kappa shape index (κ1) is 22.0. The van der Waals surface area contributed by atoms with Gasteiger partial charge in [0.25, 0.3) is 6.47 Å². The van der Waals surface area contributed by atoms with Gasteiger partial charge in [0, 0.05) is 18.7 Å². The zero-order valence-corrected chi connectivity index (χ0v) is 14.1. The number of carboxylic acid groups (broad SMARTS) is 1. The lowest BCUT2D eigenvalue weighted by molar-refractivity contribution is -0.123. The number of carbonyl (C=O) groups excluding carboxylic acids is 1. The molecule has 2 N–H and O–H groups in total. The van der Waals surface area contributed by atoms with E-state index in [-0.39, 0.29) is 36.4 Å². The lowest BCUT2D eigenvalue weighted by Gasteiger charge is -2.31. The number of alkyl halides is 3. The maximum atomic E-state index is 11.9. The fourth-order valence-corrected chi connectivity index (χ4v) is 2.86. The average molecular weight is 358 g/mol. The summed E-state index contributed by atoms with van der Waals surface area (Å²) in [7, 11) is 0. The number of rotatable bonds is 7. The lowest BCUT2D eigenvalue weighted by Crippen LogP contribution is -2.36. The van der Waals surface area contributed by atoms with Gasteiger partial charge in [0.2, 0.25) is 5.91 Å². The molecule has 0 bridgehead atoms. The molecule has 136 valence electrons. The molecule has 1 aliphatic heterocycles. The maximum Gasteiger partial charge on any atom is 0.441 e. The smallest absolute Gasteiger partial charge is 0.441 e. The normalized spacial score (nSPS) is 16.3. The highest BCUT2D eigenvalue weighted by Crippen LogP contribution is 2.29. The summed E-state index contributed by atoms with van der Waals surface area (Å²) in [4.78, 5) is 22.4. The Hall–Kier alpha value is -0.960. The number of nitrogens with one attached hydrogen (secondary N) is 1. The van der Waals surface area contributed by atoms with Crippen molar-refractivity contribution in [1.29, 1.82) is 0 Å². The van der Waals surface area contributed by atoms with Gasteiger partial charge in [-0.25, -0.2) is 0 Å². The number of halogens is 3. The van der Waals surface area contributed by atoms with Crippen LogP contribution in [-0.2, 0) is 9.59 Å². The fraction of sp³-hybridized carbons (Fsp3) is 0.857. The van der Waals surface area contributed by atoms with E-state index in [1.54, 1.807) is 0 Å². The molecule has 0 unspecified atom stereocenters. The van der Waals surface area contributed by atoms with Crippen LogP contribution in [0.15, 0.2) is 0 Å². The zero-order chi connectivity index (χ0) is 17.7. The first-order valence-electron chi connectivity index (χ1n) is 7.60. The van der Waals surface area contributed by atoms with Crippen molar-refractivity contribution in [2.45, 2.75) is 38.1 Å². The largest absolute Gasteiger partial charge is 0.483 e. The summed E-state index contributed by atoms with van der Waals surface area (Å²) in [5, 5.41) is 9.45. The van der Waals surface area contributed by atoms with Gasteiger partial charge in [-0.05, 0) is 56.6 Å². The fourth-order valence-electron chi connectivity index (χ4n) is 2.42. The van der Waals surface area contributed by atoms with Gasteiger partial charge in [0.1, 0.15) is 0 Å². The van der Waals surface area contributed by atoms with E-state index < -0.39 is 5.51 Å². The molecule has 1 saturated heterocycles. The highest BCUT2D eigenvalue weighted by molar-refractivity contribution is 8.00. The highest BCUT2D eigenvalue weighted by Gasteiger charge is 2.27. The van der Waals surface area contributed by atoms with Crippen molar-refractivity contribution in [3.63, 3.8) is 0 Å². The second-order valence-corrected chi connectivity index (χ2v) is 6.40. The summed E-state index contributed by atoms with van der Waals surface area (Å²) < 4.78 is 35.7. The van der Waals surface area contributed by atoms with Crippen LogP contribution in [0.25, 0.3) is 0 Å². The number of carbonyl (C=O) groups is 2. The second kappa shape index (κ2) is 12.5. The minimum Gasteiger partial charge on any atom is -0.483 e. The summed E-state index contributed by atoms with van der Waals surface area (Å²) in [6.07, 6.45) is 3.59. The molecule has 9 heteroatoms. The predicted octanol–water partition coefficient (Wildman–Crippen LogP) is 2.57. The maximum absolute atomic E-state index is 11.9. The molecule has 1 heterocycles. The van der Waals surface area contributed by atoms with Crippen LogP contribution in [0.1, 0.15) is 32.6 Å². The minimum absolute atomic E-state index is 0.0810. The van der Waals surface area contributed by atoms with Crippen molar-refractivity contribution >= 4 is 24.1 Å². The number of thioether (sulfide) groups is 1. The summed E-state index contributed by atoms with van der Waals surface area (Å²) in [5.41, 5.74) is -4.21. The molecule has 0 aliphatic carbocycles. The molecule has 1 aliphatic rings. The number of amides is 1. The molecule has 1 amide bonds. The first-order valence-corrected chi connectivity index (χ1v) is 8.58. The molecule has 0 radical (unpaired) electrons. The zero-order valence-electron chi connectivity index (χ0n) is 13.3. The van der Waals surface area contributed by atoms with Crippen molar-refractivity contribution < 1.29 is 27.9 Å². The SMILES string of the molecule is CCCN1CCC(CC(=O)NCCSC(F)(F)F)CC1.O=CO. The van der Waals surface area contributed by atoms with E-state index in [4.69, 9.17) is 9.90 Å². The monoisotopic (exact) mass is 358 g/mol. The van der Waals surface area contributed by atoms with Gasteiger partial charge in [0.15, 0.2) is 0 Å². The first-order chi connectivity index (χ1) is 10.8. The molecule has 1 rings (SSSR count). The van der Waals surface area contributed by atoms with Gasteiger partial charge in [-0.3, -0.25) is 9.59 Å². The number of hydrogen-bond acceptors (Lipinski definition) is 4. The van der Waals surface area contributed by atoms with E-state index >= 15 is 0 Å². The van der Waals surface area contributed by atoms with Crippen molar-refractivity contribution in [3.8, 4) is 0 Å². The Kier molecular flexibility index (Phi) is 11.9. The Labute approximate surface area is 139 Å². The Morgan fingerprint density at radius 1 is 1.39 bits per heavy atom. The summed E-state index contributed by atoms with van der Waals surface area (Å²) in [6, 6.07) is 0. The Morgan fingerprint density at radius 2 is 1.96 bits per heavy atom. The van der Waals surface area contributed by atoms with Gasteiger partial charge in [-0.15, -0.1) is 0 Å². The molecular weight excluding hydrogens is 333 g/mol. The van der Waals surface area contributed by atoms with Crippen LogP contribution in [0.4, 0.5) is 13.2 Å². The van der Waals surface area contributed by atoms with Crippen molar-refractivity contribution in [1.82, 2.24) is 10.2 Å². The molecule has 0 saturated carbocycles. The molecule has 0 atom stereocenters. The third-order valence-electron chi connectivity index (χ3n) is 3.41. The predicted molar refractivity (Wildman–Crippen MR) is 84.3 cm³/mol. The molecule has 0 aromatic carbocycles. The Bertz CT molecular complexity index is 336. The third kappa shape index (κ3) is 13.2. The number of piperidine rings is 1. The van der Waals surface area contributed by atoms with Gasteiger partial charge in [0.05, 0.1) is 0 Å². The molecule has 0 aromatic heterocycles. The lowest BCUT2D eigenvalue weighted by atomic mass is 9.93. The topological polar surface area (TPSA) is 69.6 Å². The second-order valence-electron chi connectivity index (χ2n) is 5.24. The van der Waals surface area contributed by atoms with E-state index in [1.165, 1.54) is 0 Å². The number of hydrogen-bond donors (Lipinski definition) is 2. The average Bonchev–Trinajstić information content (AvgIpc) is 2.46. The van der Waals surface area contributed by atoms with Crippen LogP contribution < -0.4 is 5.32 Å². The number of likely N-dealkylation sites (tertiary alicyclic amines) is 1. The van der Waals surface area contributed by atoms with Crippen LogP contribution >= 0.6 is 11.8 Å². The summed E-state index contributed by atoms with van der Waals surface area (Å²) in [6.45, 7) is 5.13. The van der Waals surface area contributed by atoms with Crippen LogP contribution in [0.3, 0.4) is 0 Å². The van der Waals surface area contributed by atoms with Gasteiger partial charge in [-0.2, -0.15) is 13.2 Å². The molecule has 0 aromatic rings. The molecular formula is C14H25F3N2O3S. The van der Waals surface area contributed by atoms with Crippen LogP contribution in [-0.4, -0.2) is 59.8 Å². The number of nitrogens with zero attached hydrogens (tertiary/aromatic N) is 1. The van der Waals surface area contributed by atoms with Crippen LogP contribution in [0.5, 0.6) is 0 Å².